The van der Waals surface area contributed by atoms with Crippen molar-refractivity contribution in [3.63, 3.8) is 0 Å². The monoisotopic (exact) mass is 545 g/mol. The second-order valence-electron chi connectivity index (χ2n) is 8.86. The average Bonchev–Trinajstić information content (AvgIpc) is 2.81. The van der Waals surface area contributed by atoms with Gasteiger partial charge in [-0.15, -0.1) is 0 Å². The molecule has 0 aliphatic carbocycles. The number of sulfonamides is 2. The van der Waals surface area contributed by atoms with Crippen molar-refractivity contribution >= 4 is 37.3 Å². The van der Waals surface area contributed by atoms with E-state index >= 15 is 0 Å². The molecule has 0 aromatic heterocycles. The van der Waals surface area contributed by atoms with E-state index < -0.39 is 32.5 Å². The molecule has 0 aliphatic heterocycles. The third kappa shape index (κ3) is 6.88. The molecule has 0 fully saturated rings. The van der Waals surface area contributed by atoms with Crippen molar-refractivity contribution in [3.8, 4) is 5.75 Å². The van der Waals surface area contributed by atoms with Gasteiger partial charge in [0.1, 0.15) is 12.3 Å². The number of methoxy groups -OCH3 is 1. The summed E-state index contributed by atoms with van der Waals surface area (Å²) in [5.74, 6) is -0.455. The van der Waals surface area contributed by atoms with Crippen molar-refractivity contribution < 1.29 is 26.4 Å². The van der Waals surface area contributed by atoms with Crippen LogP contribution in [0.1, 0.15) is 25.0 Å². The van der Waals surface area contributed by atoms with Gasteiger partial charge >= 0.3 is 0 Å². The highest BCUT2D eigenvalue weighted by Crippen LogP contribution is 2.29. The zero-order chi connectivity index (χ0) is 27.4. The van der Waals surface area contributed by atoms with E-state index in [4.69, 9.17) is 4.74 Å². The summed E-state index contributed by atoms with van der Waals surface area (Å²) in [7, 11) is -6.56. The first-order valence-corrected chi connectivity index (χ1v) is 14.4. The van der Waals surface area contributed by atoms with Crippen LogP contribution in [0.4, 0.5) is 11.4 Å². The van der Waals surface area contributed by atoms with Crippen LogP contribution in [0, 0.1) is 13.8 Å². The molecular formula is C26H31N3O6S2. The van der Waals surface area contributed by atoms with Crippen LogP contribution in [0.25, 0.3) is 0 Å². The Morgan fingerprint density at radius 2 is 1.51 bits per heavy atom. The summed E-state index contributed by atoms with van der Waals surface area (Å²) in [6.45, 7) is 6.51. The molecule has 9 nitrogen and oxygen atoms in total. The first-order valence-electron chi connectivity index (χ1n) is 11.5. The molecule has 0 spiro atoms. The van der Waals surface area contributed by atoms with E-state index in [1.54, 1.807) is 44.2 Å². The number of carbonyl (C=O) groups excluding carboxylic acids is 1. The van der Waals surface area contributed by atoms with Gasteiger partial charge in [0.15, 0.2) is 0 Å². The minimum absolute atomic E-state index is 0.0346. The summed E-state index contributed by atoms with van der Waals surface area (Å²) >= 11 is 0. The molecule has 0 saturated carbocycles. The summed E-state index contributed by atoms with van der Waals surface area (Å²) in [6.07, 6.45) is 0. The topological polar surface area (TPSA) is 122 Å². The molecule has 3 rings (SSSR count). The largest absolute Gasteiger partial charge is 0.495 e. The molecular weight excluding hydrogens is 514 g/mol. The van der Waals surface area contributed by atoms with Gasteiger partial charge in [-0.05, 0) is 81.3 Å². The predicted molar refractivity (Wildman–Crippen MR) is 144 cm³/mol. The van der Waals surface area contributed by atoms with Gasteiger partial charge in [0.05, 0.1) is 28.3 Å². The predicted octanol–water partition coefficient (Wildman–Crippen LogP) is 3.83. The number of amides is 1. The highest BCUT2D eigenvalue weighted by molar-refractivity contribution is 7.92. The maximum absolute atomic E-state index is 13.6. The average molecular weight is 546 g/mol. The number of hydrogen-bond donors (Lipinski definition) is 2. The van der Waals surface area contributed by atoms with Crippen LogP contribution < -0.4 is 19.1 Å². The van der Waals surface area contributed by atoms with Gasteiger partial charge in [-0.25, -0.2) is 21.6 Å². The fraction of sp³-hybridized carbons (Fsp3) is 0.269. The van der Waals surface area contributed by atoms with E-state index in [0.717, 1.165) is 15.4 Å². The Labute approximate surface area is 218 Å². The van der Waals surface area contributed by atoms with Crippen LogP contribution >= 0.6 is 0 Å². The van der Waals surface area contributed by atoms with E-state index in [9.17, 15) is 21.6 Å². The van der Waals surface area contributed by atoms with Crippen LogP contribution in [0.15, 0.2) is 76.5 Å². The van der Waals surface area contributed by atoms with E-state index in [1.807, 2.05) is 19.9 Å². The summed E-state index contributed by atoms with van der Waals surface area (Å²) in [5, 5.41) is 2.62. The molecule has 0 atom stereocenters. The van der Waals surface area contributed by atoms with E-state index in [-0.39, 0.29) is 27.3 Å². The van der Waals surface area contributed by atoms with Gasteiger partial charge in [0.25, 0.3) is 10.0 Å². The first kappa shape index (κ1) is 28.2. The molecule has 2 N–H and O–H groups in total. The maximum atomic E-state index is 13.6. The Hall–Kier alpha value is -3.41. The van der Waals surface area contributed by atoms with Crippen LogP contribution in [-0.4, -0.2) is 42.4 Å². The number of nitrogens with zero attached hydrogens (tertiary/aromatic N) is 1. The number of ether oxygens (including phenoxy) is 1. The van der Waals surface area contributed by atoms with Crippen molar-refractivity contribution in [1.82, 2.24) is 4.72 Å². The van der Waals surface area contributed by atoms with Crippen LogP contribution in [0.3, 0.4) is 0 Å². The number of aryl methyl sites for hydroxylation is 2. The van der Waals surface area contributed by atoms with E-state index in [0.29, 0.717) is 5.69 Å². The standard InChI is InChI=1S/C26H31N3O6S2/c1-18(2)28-36(31,32)23-11-12-25(35-5)24(16-23)27-26(30)17-29(21-14-19(3)13-20(4)15-21)37(33,34)22-9-7-6-8-10-22/h6-16,18,28H,17H2,1-5H3,(H,27,30). The lowest BCUT2D eigenvalue weighted by atomic mass is 10.1. The Kier molecular flexibility index (Phi) is 8.62. The fourth-order valence-electron chi connectivity index (χ4n) is 3.78. The highest BCUT2D eigenvalue weighted by Gasteiger charge is 2.28. The quantitative estimate of drug-likeness (QED) is 0.399. The normalized spacial score (nSPS) is 11.8. The minimum Gasteiger partial charge on any atom is -0.495 e. The van der Waals surface area contributed by atoms with Crippen molar-refractivity contribution in [2.75, 3.05) is 23.3 Å². The van der Waals surface area contributed by atoms with Gasteiger partial charge in [-0.1, -0.05) is 24.3 Å². The number of hydrogen-bond acceptors (Lipinski definition) is 6. The van der Waals surface area contributed by atoms with Crippen molar-refractivity contribution in [1.29, 1.82) is 0 Å². The molecule has 11 heteroatoms. The second kappa shape index (κ2) is 11.3. The zero-order valence-corrected chi connectivity index (χ0v) is 23.0. The number of nitrogens with one attached hydrogen (secondary N) is 2. The smallest absolute Gasteiger partial charge is 0.264 e. The molecule has 0 bridgehead atoms. The number of carbonyl (C=O) groups is 1. The van der Waals surface area contributed by atoms with E-state index in [1.165, 1.54) is 37.4 Å². The van der Waals surface area contributed by atoms with Crippen LogP contribution in [-0.2, 0) is 24.8 Å². The van der Waals surface area contributed by atoms with Gasteiger partial charge < -0.3 is 10.1 Å². The lowest BCUT2D eigenvalue weighted by Crippen LogP contribution is -2.38. The Morgan fingerprint density at radius 3 is 2.08 bits per heavy atom. The summed E-state index contributed by atoms with van der Waals surface area (Å²) in [4.78, 5) is 13.2. The van der Waals surface area contributed by atoms with Crippen LogP contribution in [0.2, 0.25) is 0 Å². The number of rotatable bonds is 10. The summed E-state index contributed by atoms with van der Waals surface area (Å²) < 4.78 is 61.3. The third-order valence-corrected chi connectivity index (χ3v) is 8.70. The van der Waals surface area contributed by atoms with Gasteiger partial charge in [-0.3, -0.25) is 9.10 Å². The lowest BCUT2D eigenvalue weighted by Gasteiger charge is -2.25. The molecule has 0 heterocycles. The Morgan fingerprint density at radius 1 is 0.892 bits per heavy atom. The summed E-state index contributed by atoms with van der Waals surface area (Å²) in [5.41, 5.74) is 2.10. The molecule has 198 valence electrons. The first-order chi connectivity index (χ1) is 17.3. The van der Waals surface area contributed by atoms with Gasteiger partial charge in [-0.2, -0.15) is 0 Å². The molecule has 0 radical (unpaired) electrons. The van der Waals surface area contributed by atoms with Crippen LogP contribution in [0.5, 0.6) is 5.75 Å². The fourth-order valence-corrected chi connectivity index (χ4v) is 6.48. The van der Waals surface area contributed by atoms with Crippen molar-refractivity contribution in [3.05, 3.63) is 77.9 Å². The summed E-state index contributed by atoms with van der Waals surface area (Å²) in [6, 6.07) is 16.8. The number of anilines is 2. The molecule has 37 heavy (non-hydrogen) atoms. The van der Waals surface area contributed by atoms with Crippen molar-refractivity contribution in [2.45, 2.75) is 43.5 Å². The second-order valence-corrected chi connectivity index (χ2v) is 12.4. The van der Waals surface area contributed by atoms with Gasteiger partial charge in [0, 0.05) is 6.04 Å². The molecule has 3 aromatic rings. The molecule has 3 aromatic carbocycles. The maximum Gasteiger partial charge on any atom is 0.264 e. The SMILES string of the molecule is COc1ccc(S(=O)(=O)NC(C)C)cc1NC(=O)CN(c1cc(C)cc(C)c1)S(=O)(=O)c1ccccc1. The zero-order valence-electron chi connectivity index (χ0n) is 21.3. The van der Waals surface area contributed by atoms with Crippen molar-refractivity contribution in [2.24, 2.45) is 0 Å². The molecule has 0 aliphatic rings. The Bertz CT molecular complexity index is 1470. The minimum atomic E-state index is -4.10. The third-order valence-electron chi connectivity index (χ3n) is 5.26. The Balaban J connectivity index is 2.00. The lowest BCUT2D eigenvalue weighted by molar-refractivity contribution is -0.114. The van der Waals surface area contributed by atoms with E-state index in [2.05, 4.69) is 10.0 Å². The molecule has 0 saturated heterocycles. The van der Waals surface area contributed by atoms with Gasteiger partial charge in [0.2, 0.25) is 15.9 Å². The highest BCUT2D eigenvalue weighted by atomic mass is 32.2. The molecule has 1 amide bonds. The molecule has 0 unspecified atom stereocenters. The number of benzene rings is 3.